The highest BCUT2D eigenvalue weighted by Crippen LogP contribution is 2.28. The number of hydrogen-bond donors (Lipinski definition) is 1. The molecule has 0 saturated heterocycles. The Hall–Kier alpha value is -1.28. The number of rotatable bonds is 5. The van der Waals surface area contributed by atoms with E-state index in [4.69, 9.17) is 10.5 Å². The van der Waals surface area contributed by atoms with Gasteiger partial charge in [-0.2, -0.15) is 0 Å². The Morgan fingerprint density at radius 1 is 1.53 bits per heavy atom. The molecular weight excluding hydrogens is 186 g/mol. The van der Waals surface area contributed by atoms with E-state index in [1.807, 2.05) is 32.1 Å². The highest BCUT2D eigenvalue weighted by atomic mass is 16.5. The minimum atomic E-state index is -0.00341. The average molecular weight is 205 g/mol. The summed E-state index contributed by atoms with van der Waals surface area (Å²) in [6.07, 6.45) is 2.69. The first kappa shape index (κ1) is 11.8. The molecule has 1 rings (SSSR count). The first-order valence-corrected chi connectivity index (χ1v) is 5.31. The summed E-state index contributed by atoms with van der Waals surface area (Å²) < 4.78 is 5.65. The second kappa shape index (κ2) is 5.56. The van der Waals surface area contributed by atoms with E-state index in [1.165, 1.54) is 0 Å². The first-order chi connectivity index (χ1) is 7.20. The van der Waals surface area contributed by atoms with Crippen molar-refractivity contribution in [2.75, 3.05) is 6.61 Å². The molecule has 2 nitrogen and oxygen atoms in total. The summed E-state index contributed by atoms with van der Waals surface area (Å²) in [5.74, 6) is 0.926. The van der Waals surface area contributed by atoms with Gasteiger partial charge in [-0.05, 0) is 25.8 Å². The van der Waals surface area contributed by atoms with Crippen molar-refractivity contribution in [2.45, 2.75) is 26.3 Å². The van der Waals surface area contributed by atoms with Gasteiger partial charge in [0.25, 0.3) is 0 Å². The largest absolute Gasteiger partial charge is 0.493 e. The fraction of sp³-hybridized carbons (Fsp3) is 0.385. The zero-order valence-corrected chi connectivity index (χ0v) is 9.49. The van der Waals surface area contributed by atoms with Crippen molar-refractivity contribution in [1.82, 2.24) is 0 Å². The smallest absolute Gasteiger partial charge is 0.127 e. The quantitative estimate of drug-likeness (QED) is 0.750. The zero-order valence-electron chi connectivity index (χ0n) is 9.49. The minimum absolute atomic E-state index is 0.00341. The number of allylic oxidation sites excluding steroid dienone is 1. The lowest BCUT2D eigenvalue weighted by Gasteiger charge is -2.16. The third-order valence-electron chi connectivity index (χ3n) is 2.27. The van der Waals surface area contributed by atoms with Gasteiger partial charge in [-0.3, -0.25) is 0 Å². The van der Waals surface area contributed by atoms with Gasteiger partial charge in [0.05, 0.1) is 6.61 Å². The van der Waals surface area contributed by atoms with Crippen LogP contribution in [0.4, 0.5) is 0 Å². The molecule has 1 atom stereocenters. The van der Waals surface area contributed by atoms with E-state index in [1.54, 1.807) is 0 Å². The third-order valence-corrected chi connectivity index (χ3v) is 2.27. The van der Waals surface area contributed by atoms with Crippen LogP contribution in [0.5, 0.6) is 5.75 Å². The number of para-hydroxylation sites is 1. The Morgan fingerprint density at radius 2 is 2.27 bits per heavy atom. The molecule has 0 aromatic heterocycles. The van der Waals surface area contributed by atoms with Gasteiger partial charge in [-0.1, -0.05) is 24.3 Å². The molecule has 2 N–H and O–H groups in total. The van der Waals surface area contributed by atoms with Crippen LogP contribution in [0.15, 0.2) is 30.9 Å². The van der Waals surface area contributed by atoms with E-state index in [0.29, 0.717) is 6.61 Å². The Labute approximate surface area is 91.7 Å². The molecular formula is C13H19NO. The molecule has 82 valence electrons. The Balaban J connectivity index is 3.14. The van der Waals surface area contributed by atoms with Crippen molar-refractivity contribution < 1.29 is 4.74 Å². The van der Waals surface area contributed by atoms with Crippen molar-refractivity contribution >= 4 is 0 Å². The molecule has 0 aliphatic rings. The fourth-order valence-corrected chi connectivity index (χ4v) is 1.60. The molecule has 0 aliphatic heterocycles. The highest BCUT2D eigenvalue weighted by molar-refractivity contribution is 5.44. The number of hydrogen-bond acceptors (Lipinski definition) is 2. The molecule has 0 amide bonds. The van der Waals surface area contributed by atoms with Gasteiger partial charge in [-0.15, -0.1) is 6.58 Å². The summed E-state index contributed by atoms with van der Waals surface area (Å²) in [5.41, 5.74) is 8.12. The van der Waals surface area contributed by atoms with Crippen LogP contribution in [0.25, 0.3) is 0 Å². The third kappa shape index (κ3) is 2.83. The summed E-state index contributed by atoms with van der Waals surface area (Å²) in [6.45, 7) is 8.36. The molecule has 2 heteroatoms. The lowest BCUT2D eigenvalue weighted by molar-refractivity contribution is 0.331. The van der Waals surface area contributed by atoms with Gasteiger partial charge in [0.2, 0.25) is 0 Å². The monoisotopic (exact) mass is 205 g/mol. The topological polar surface area (TPSA) is 35.2 Å². The Bertz CT molecular complexity index is 331. The molecule has 15 heavy (non-hydrogen) atoms. The summed E-state index contributed by atoms with van der Waals surface area (Å²) in [5, 5.41) is 0. The van der Waals surface area contributed by atoms with E-state index in [0.717, 1.165) is 23.3 Å². The van der Waals surface area contributed by atoms with Crippen LogP contribution in [0.1, 0.15) is 31.0 Å². The van der Waals surface area contributed by atoms with E-state index in [2.05, 4.69) is 12.6 Å². The van der Waals surface area contributed by atoms with Gasteiger partial charge in [0.1, 0.15) is 5.75 Å². The highest BCUT2D eigenvalue weighted by Gasteiger charge is 2.11. The second-order valence-corrected chi connectivity index (χ2v) is 3.55. The van der Waals surface area contributed by atoms with Crippen LogP contribution in [0, 0.1) is 0 Å². The summed E-state index contributed by atoms with van der Waals surface area (Å²) in [7, 11) is 0. The molecule has 1 aromatic carbocycles. The van der Waals surface area contributed by atoms with Gasteiger partial charge in [-0.25, -0.2) is 0 Å². The summed E-state index contributed by atoms with van der Waals surface area (Å²) >= 11 is 0. The standard InChI is InChI=1S/C13H19NO/c1-4-7-11-8-6-9-12(10(3)14)13(11)15-5-2/h4,6,8-10H,1,5,7,14H2,2-3H3. The van der Waals surface area contributed by atoms with E-state index >= 15 is 0 Å². The number of nitrogens with two attached hydrogens (primary N) is 1. The lowest BCUT2D eigenvalue weighted by atomic mass is 10.0. The maximum Gasteiger partial charge on any atom is 0.127 e. The van der Waals surface area contributed by atoms with Crippen molar-refractivity contribution in [2.24, 2.45) is 5.73 Å². The molecule has 0 saturated carbocycles. The summed E-state index contributed by atoms with van der Waals surface area (Å²) in [6, 6.07) is 6.08. The molecule has 1 unspecified atom stereocenters. The van der Waals surface area contributed by atoms with Gasteiger partial charge >= 0.3 is 0 Å². The van der Waals surface area contributed by atoms with Gasteiger partial charge in [0, 0.05) is 11.6 Å². The summed E-state index contributed by atoms with van der Waals surface area (Å²) in [4.78, 5) is 0. The predicted molar refractivity (Wildman–Crippen MR) is 64.1 cm³/mol. The van der Waals surface area contributed by atoms with Gasteiger partial charge in [0.15, 0.2) is 0 Å². The van der Waals surface area contributed by atoms with Crippen LogP contribution in [0.3, 0.4) is 0 Å². The number of ether oxygens (including phenoxy) is 1. The van der Waals surface area contributed by atoms with E-state index < -0.39 is 0 Å². The van der Waals surface area contributed by atoms with Crippen molar-refractivity contribution in [3.8, 4) is 5.75 Å². The number of benzene rings is 1. The van der Waals surface area contributed by atoms with Crippen molar-refractivity contribution in [3.05, 3.63) is 42.0 Å². The normalized spacial score (nSPS) is 12.2. The molecule has 0 spiro atoms. The molecule has 0 bridgehead atoms. The Morgan fingerprint density at radius 3 is 2.80 bits per heavy atom. The SMILES string of the molecule is C=CCc1cccc(C(C)N)c1OCC. The molecule has 0 fully saturated rings. The maximum absolute atomic E-state index is 5.90. The molecule has 1 aromatic rings. The van der Waals surface area contributed by atoms with Crippen LogP contribution >= 0.6 is 0 Å². The first-order valence-electron chi connectivity index (χ1n) is 5.31. The minimum Gasteiger partial charge on any atom is -0.493 e. The lowest BCUT2D eigenvalue weighted by Crippen LogP contribution is -2.09. The molecule has 0 radical (unpaired) electrons. The predicted octanol–water partition coefficient (Wildman–Crippen LogP) is 2.83. The van der Waals surface area contributed by atoms with Crippen LogP contribution < -0.4 is 10.5 Å². The zero-order chi connectivity index (χ0) is 11.3. The maximum atomic E-state index is 5.90. The van der Waals surface area contributed by atoms with Gasteiger partial charge < -0.3 is 10.5 Å². The molecule has 0 aliphatic carbocycles. The van der Waals surface area contributed by atoms with Crippen LogP contribution in [0.2, 0.25) is 0 Å². The van der Waals surface area contributed by atoms with Crippen molar-refractivity contribution in [3.63, 3.8) is 0 Å². The fourth-order valence-electron chi connectivity index (χ4n) is 1.60. The average Bonchev–Trinajstić information content (AvgIpc) is 2.21. The molecule has 0 heterocycles. The van der Waals surface area contributed by atoms with Crippen LogP contribution in [-0.2, 0) is 6.42 Å². The Kier molecular flexibility index (Phi) is 4.37. The van der Waals surface area contributed by atoms with Crippen LogP contribution in [-0.4, -0.2) is 6.61 Å². The van der Waals surface area contributed by atoms with E-state index in [-0.39, 0.29) is 6.04 Å². The van der Waals surface area contributed by atoms with E-state index in [9.17, 15) is 0 Å². The van der Waals surface area contributed by atoms with Crippen molar-refractivity contribution in [1.29, 1.82) is 0 Å². The second-order valence-electron chi connectivity index (χ2n) is 3.55.